The number of carbonyl (C=O) groups is 1. The van der Waals surface area contributed by atoms with E-state index in [4.69, 9.17) is 0 Å². The summed E-state index contributed by atoms with van der Waals surface area (Å²) in [6.45, 7) is 1.76. The van der Waals surface area contributed by atoms with E-state index >= 15 is 0 Å². The van der Waals surface area contributed by atoms with Crippen molar-refractivity contribution in [1.29, 1.82) is 0 Å². The van der Waals surface area contributed by atoms with Gasteiger partial charge in [0.05, 0.1) is 15.4 Å². The molecule has 5 nitrogen and oxygen atoms in total. The second kappa shape index (κ2) is 6.28. The third kappa shape index (κ3) is 3.43. The van der Waals surface area contributed by atoms with Crippen LogP contribution in [-0.4, -0.2) is 16.0 Å². The molecule has 1 N–H and O–H groups in total. The molecule has 0 amide bonds. The van der Waals surface area contributed by atoms with E-state index in [0.717, 1.165) is 17.3 Å². The first-order valence-electron chi connectivity index (χ1n) is 5.85. The highest BCUT2D eigenvalue weighted by atomic mass is 79.9. The fourth-order valence-electron chi connectivity index (χ4n) is 1.78. The molecule has 0 unspecified atom stereocenters. The van der Waals surface area contributed by atoms with Crippen LogP contribution in [0.4, 0.5) is 5.69 Å². The smallest absolute Gasteiger partial charge is 0.336 e. The molecule has 21 heavy (non-hydrogen) atoms. The summed E-state index contributed by atoms with van der Waals surface area (Å²) >= 11 is 4.37. The third-order valence-corrected chi connectivity index (χ3v) is 4.56. The van der Waals surface area contributed by atoms with Crippen LogP contribution in [0, 0.1) is 17.0 Å². The van der Waals surface area contributed by atoms with Gasteiger partial charge in [-0.1, -0.05) is 39.8 Å². The van der Waals surface area contributed by atoms with E-state index < -0.39 is 10.9 Å². The van der Waals surface area contributed by atoms with Crippen molar-refractivity contribution in [3.8, 4) is 0 Å². The van der Waals surface area contributed by atoms with Gasteiger partial charge in [-0.05, 0) is 30.7 Å². The fraction of sp³-hybridized carbons (Fsp3) is 0.0714. The number of carboxylic acids is 1. The number of nitrogens with zero attached hydrogens (tertiary/aromatic N) is 1. The highest BCUT2D eigenvalue weighted by Crippen LogP contribution is 2.39. The Kier molecular flexibility index (Phi) is 4.64. The van der Waals surface area contributed by atoms with Gasteiger partial charge in [0.25, 0.3) is 5.69 Å². The maximum absolute atomic E-state index is 11.3. The lowest BCUT2D eigenvalue weighted by molar-refractivity contribution is -0.387. The summed E-state index contributed by atoms with van der Waals surface area (Å²) in [5, 5.41) is 20.3. The molecule has 0 radical (unpaired) electrons. The lowest BCUT2D eigenvalue weighted by Crippen LogP contribution is -1.99. The summed E-state index contributed by atoms with van der Waals surface area (Å²) in [6.07, 6.45) is 0. The molecular formula is C14H10BrNO4S. The quantitative estimate of drug-likeness (QED) is 0.634. The summed E-state index contributed by atoms with van der Waals surface area (Å²) < 4.78 is 0.714. The average Bonchev–Trinajstić information content (AvgIpc) is 2.40. The number of hydrogen-bond donors (Lipinski definition) is 1. The van der Waals surface area contributed by atoms with Gasteiger partial charge in [-0.3, -0.25) is 10.1 Å². The van der Waals surface area contributed by atoms with Crippen molar-refractivity contribution in [1.82, 2.24) is 0 Å². The molecule has 0 saturated heterocycles. The summed E-state index contributed by atoms with van der Waals surface area (Å²) in [7, 11) is 0. The number of nitro groups is 1. The number of carboxylic acid groups (broad SMARTS) is 1. The van der Waals surface area contributed by atoms with Gasteiger partial charge in [-0.15, -0.1) is 0 Å². The van der Waals surface area contributed by atoms with Crippen molar-refractivity contribution in [2.75, 3.05) is 0 Å². The van der Waals surface area contributed by atoms with Crippen LogP contribution >= 0.6 is 27.7 Å². The van der Waals surface area contributed by atoms with E-state index in [9.17, 15) is 20.0 Å². The SMILES string of the molecule is Cc1cccc([N+](=O)[O-])c1Sc1cc(Br)ccc1C(=O)O. The Labute approximate surface area is 133 Å². The van der Waals surface area contributed by atoms with Gasteiger partial charge in [-0.2, -0.15) is 0 Å². The summed E-state index contributed by atoms with van der Waals surface area (Å²) in [5.41, 5.74) is 0.808. The van der Waals surface area contributed by atoms with Crippen LogP contribution in [0.15, 0.2) is 50.7 Å². The van der Waals surface area contributed by atoms with Gasteiger partial charge in [0.2, 0.25) is 0 Å². The number of hydrogen-bond acceptors (Lipinski definition) is 4. The van der Waals surface area contributed by atoms with Crippen molar-refractivity contribution in [3.05, 3.63) is 62.1 Å². The largest absolute Gasteiger partial charge is 0.478 e. The first kappa shape index (κ1) is 15.5. The van der Waals surface area contributed by atoms with Gasteiger partial charge in [-0.25, -0.2) is 4.79 Å². The Morgan fingerprint density at radius 2 is 2.05 bits per heavy atom. The lowest BCUT2D eigenvalue weighted by atomic mass is 10.2. The van der Waals surface area contributed by atoms with Crippen LogP contribution in [0.1, 0.15) is 15.9 Å². The molecule has 0 bridgehead atoms. The van der Waals surface area contributed by atoms with Crippen LogP contribution < -0.4 is 0 Å². The Morgan fingerprint density at radius 3 is 2.67 bits per heavy atom. The van der Waals surface area contributed by atoms with E-state index in [1.54, 1.807) is 31.2 Å². The molecule has 0 fully saturated rings. The first-order valence-corrected chi connectivity index (χ1v) is 7.46. The fourth-order valence-corrected chi connectivity index (χ4v) is 3.44. The maximum Gasteiger partial charge on any atom is 0.336 e. The molecule has 0 atom stereocenters. The number of rotatable bonds is 4. The van der Waals surface area contributed by atoms with Gasteiger partial charge in [0, 0.05) is 15.4 Å². The zero-order valence-electron chi connectivity index (χ0n) is 10.9. The molecule has 0 aliphatic carbocycles. The van der Waals surface area contributed by atoms with E-state index in [0.29, 0.717) is 14.3 Å². The normalized spacial score (nSPS) is 10.4. The molecule has 0 saturated carbocycles. The molecule has 0 aliphatic rings. The van der Waals surface area contributed by atoms with Crippen LogP contribution in [0.25, 0.3) is 0 Å². The second-order valence-corrected chi connectivity index (χ2v) is 6.20. The number of nitro benzene ring substituents is 1. The predicted octanol–water partition coefficient (Wildman–Crippen LogP) is 4.52. The van der Waals surface area contributed by atoms with E-state index in [-0.39, 0.29) is 11.3 Å². The van der Waals surface area contributed by atoms with Crippen molar-refractivity contribution in [2.24, 2.45) is 0 Å². The maximum atomic E-state index is 11.3. The zero-order chi connectivity index (χ0) is 15.6. The Hall–Kier alpha value is -1.86. The zero-order valence-corrected chi connectivity index (χ0v) is 13.3. The number of aromatic carboxylic acids is 1. The molecular weight excluding hydrogens is 358 g/mol. The Balaban J connectivity index is 2.55. The highest BCUT2D eigenvalue weighted by molar-refractivity contribution is 9.10. The summed E-state index contributed by atoms with van der Waals surface area (Å²) in [4.78, 5) is 22.8. The molecule has 0 aromatic heterocycles. The van der Waals surface area contributed by atoms with E-state index in [1.165, 1.54) is 12.1 Å². The molecule has 0 aliphatic heterocycles. The topological polar surface area (TPSA) is 80.4 Å². The van der Waals surface area contributed by atoms with E-state index in [1.807, 2.05) is 0 Å². The van der Waals surface area contributed by atoms with Crippen LogP contribution in [0.5, 0.6) is 0 Å². The molecule has 2 aromatic carbocycles. The number of aryl methyl sites for hydroxylation is 1. The molecule has 0 spiro atoms. The summed E-state index contributed by atoms with van der Waals surface area (Å²) in [6, 6.07) is 9.51. The number of benzene rings is 2. The molecule has 7 heteroatoms. The first-order chi connectivity index (χ1) is 9.90. The van der Waals surface area contributed by atoms with Crippen molar-refractivity contribution < 1.29 is 14.8 Å². The Morgan fingerprint density at radius 1 is 1.33 bits per heavy atom. The van der Waals surface area contributed by atoms with Crippen LogP contribution in [0.3, 0.4) is 0 Å². The van der Waals surface area contributed by atoms with Gasteiger partial charge in [0.15, 0.2) is 0 Å². The highest BCUT2D eigenvalue weighted by Gasteiger charge is 2.19. The minimum Gasteiger partial charge on any atom is -0.478 e. The van der Waals surface area contributed by atoms with Crippen molar-refractivity contribution in [2.45, 2.75) is 16.7 Å². The second-order valence-electron chi connectivity index (χ2n) is 4.23. The van der Waals surface area contributed by atoms with Crippen LogP contribution in [-0.2, 0) is 0 Å². The standard InChI is InChI=1S/C14H10BrNO4S/c1-8-3-2-4-11(16(19)20)13(8)21-12-7-9(15)5-6-10(12)14(17)18/h2-7H,1H3,(H,17,18). The minimum atomic E-state index is -1.07. The summed E-state index contributed by atoms with van der Waals surface area (Å²) in [5.74, 6) is -1.07. The van der Waals surface area contributed by atoms with Crippen molar-refractivity contribution >= 4 is 39.3 Å². The minimum absolute atomic E-state index is 0.0312. The molecule has 108 valence electrons. The average molecular weight is 368 g/mol. The Bertz CT molecular complexity index is 733. The predicted molar refractivity (Wildman–Crippen MR) is 83.1 cm³/mol. The molecule has 2 aromatic rings. The van der Waals surface area contributed by atoms with Crippen molar-refractivity contribution in [3.63, 3.8) is 0 Å². The lowest BCUT2D eigenvalue weighted by Gasteiger charge is -2.09. The van der Waals surface area contributed by atoms with Gasteiger partial charge in [0.1, 0.15) is 0 Å². The molecule has 2 rings (SSSR count). The van der Waals surface area contributed by atoms with Crippen LogP contribution in [0.2, 0.25) is 0 Å². The molecule has 0 heterocycles. The monoisotopic (exact) mass is 367 g/mol. The van der Waals surface area contributed by atoms with E-state index in [2.05, 4.69) is 15.9 Å². The third-order valence-electron chi connectivity index (χ3n) is 2.77. The van der Waals surface area contributed by atoms with Gasteiger partial charge >= 0.3 is 5.97 Å². The number of halogens is 1. The van der Waals surface area contributed by atoms with Gasteiger partial charge < -0.3 is 5.11 Å².